The Hall–Kier alpha value is -3.09. The minimum atomic E-state index is -3.90. The van der Waals surface area contributed by atoms with Crippen LogP contribution in [0.2, 0.25) is 10.0 Å². The zero-order valence-corrected chi connectivity index (χ0v) is 19.8. The molecule has 0 saturated heterocycles. The van der Waals surface area contributed by atoms with E-state index in [2.05, 4.69) is 5.32 Å². The number of hydrogen-bond donors (Lipinski definition) is 2. The highest BCUT2D eigenvalue weighted by atomic mass is 35.5. The quantitative estimate of drug-likeness (QED) is 0.466. The number of hydrogen-bond acceptors (Lipinski definition) is 5. The molecule has 0 spiro atoms. The first kappa shape index (κ1) is 24.6. The van der Waals surface area contributed by atoms with Gasteiger partial charge in [-0.3, -0.25) is 4.79 Å². The molecule has 33 heavy (non-hydrogen) atoms. The predicted molar refractivity (Wildman–Crippen MR) is 127 cm³/mol. The Morgan fingerprint density at radius 3 is 2.52 bits per heavy atom. The number of nitrogens with one attached hydrogen (secondary N) is 1. The highest BCUT2D eigenvalue weighted by Gasteiger charge is 2.14. The average molecular weight is 504 g/mol. The second-order valence-electron chi connectivity index (χ2n) is 7.10. The van der Waals surface area contributed by atoms with E-state index < -0.39 is 10.0 Å². The average Bonchev–Trinajstić information content (AvgIpc) is 2.74. The van der Waals surface area contributed by atoms with Gasteiger partial charge in [-0.1, -0.05) is 42.3 Å². The highest BCUT2D eigenvalue weighted by molar-refractivity contribution is 7.89. The Bertz CT molecular complexity index is 1370. The van der Waals surface area contributed by atoms with Gasteiger partial charge in [-0.05, 0) is 60.0 Å². The number of anilines is 1. The summed E-state index contributed by atoms with van der Waals surface area (Å²) in [6, 6.07) is 16.0. The number of ether oxygens (including phenoxy) is 1. The van der Waals surface area contributed by atoms with Gasteiger partial charge in [-0.25, -0.2) is 13.6 Å². The SMILES string of the molecule is CCc1ccc(CC(=O)Nc2ccc(S(N)(=O)=O)cc2Cl)cc1Oc1cc(Cl)cc(C#N)c1. The largest absolute Gasteiger partial charge is 0.457 e. The number of primary sulfonamides is 1. The van der Waals surface area contributed by atoms with Crippen molar-refractivity contribution < 1.29 is 17.9 Å². The van der Waals surface area contributed by atoms with Crippen LogP contribution in [0, 0.1) is 11.3 Å². The number of carbonyl (C=O) groups excluding carboxylic acids is 1. The van der Waals surface area contributed by atoms with Crippen molar-refractivity contribution in [3.8, 4) is 17.6 Å². The van der Waals surface area contributed by atoms with Crippen LogP contribution in [-0.4, -0.2) is 14.3 Å². The molecular formula is C23H19Cl2N3O4S. The molecule has 0 saturated carbocycles. The van der Waals surface area contributed by atoms with Crippen molar-refractivity contribution in [2.24, 2.45) is 5.14 Å². The maximum absolute atomic E-state index is 12.6. The number of benzene rings is 3. The maximum Gasteiger partial charge on any atom is 0.238 e. The van der Waals surface area contributed by atoms with Crippen LogP contribution < -0.4 is 15.2 Å². The third-order valence-corrected chi connectivity index (χ3v) is 6.09. The van der Waals surface area contributed by atoms with Crippen molar-refractivity contribution in [1.29, 1.82) is 5.26 Å². The van der Waals surface area contributed by atoms with E-state index in [0.717, 1.165) is 5.56 Å². The molecule has 0 aliphatic heterocycles. The summed E-state index contributed by atoms with van der Waals surface area (Å²) in [7, 11) is -3.90. The number of sulfonamides is 1. The number of aryl methyl sites for hydroxylation is 1. The van der Waals surface area contributed by atoms with Crippen molar-refractivity contribution in [3.63, 3.8) is 0 Å². The third kappa shape index (κ3) is 6.46. The molecule has 3 N–H and O–H groups in total. The van der Waals surface area contributed by atoms with E-state index in [1.165, 1.54) is 24.3 Å². The molecule has 170 valence electrons. The zero-order valence-electron chi connectivity index (χ0n) is 17.4. The lowest BCUT2D eigenvalue weighted by Gasteiger charge is -2.13. The standard InChI is InChI=1S/C23H19Cl2N3O4S/c1-2-16-4-3-14(9-22(16)32-18-8-15(13-26)7-17(24)11-18)10-23(29)28-21-6-5-19(12-20(21)25)33(27,30)31/h3-9,11-12H,2,10H2,1H3,(H,28,29)(H2,27,30,31). The first-order valence-corrected chi connectivity index (χ1v) is 12.0. The zero-order chi connectivity index (χ0) is 24.2. The number of nitrogens with two attached hydrogens (primary N) is 1. The Morgan fingerprint density at radius 1 is 1.12 bits per heavy atom. The lowest BCUT2D eigenvalue weighted by molar-refractivity contribution is -0.115. The van der Waals surface area contributed by atoms with Crippen molar-refractivity contribution in [2.75, 3.05) is 5.32 Å². The molecule has 3 aromatic rings. The van der Waals surface area contributed by atoms with Crippen LogP contribution >= 0.6 is 23.2 Å². The molecular weight excluding hydrogens is 485 g/mol. The first-order valence-electron chi connectivity index (χ1n) is 9.71. The van der Waals surface area contributed by atoms with E-state index in [1.807, 2.05) is 25.1 Å². The van der Waals surface area contributed by atoms with Crippen molar-refractivity contribution >= 4 is 44.8 Å². The van der Waals surface area contributed by atoms with Crippen molar-refractivity contribution in [3.05, 3.63) is 81.3 Å². The van der Waals surface area contributed by atoms with Gasteiger partial charge in [0.05, 0.1) is 33.7 Å². The summed E-state index contributed by atoms with van der Waals surface area (Å²) in [5.41, 5.74) is 2.23. The minimum Gasteiger partial charge on any atom is -0.457 e. The topological polar surface area (TPSA) is 122 Å². The summed E-state index contributed by atoms with van der Waals surface area (Å²) in [4.78, 5) is 12.4. The maximum atomic E-state index is 12.6. The van der Waals surface area contributed by atoms with Crippen molar-refractivity contribution in [1.82, 2.24) is 0 Å². The molecule has 0 atom stereocenters. The lowest BCUT2D eigenvalue weighted by atomic mass is 10.1. The van der Waals surface area contributed by atoms with Gasteiger partial charge in [0, 0.05) is 5.02 Å². The predicted octanol–water partition coefficient (Wildman–Crippen LogP) is 5.05. The van der Waals surface area contributed by atoms with Gasteiger partial charge in [0.15, 0.2) is 0 Å². The Morgan fingerprint density at radius 2 is 1.88 bits per heavy atom. The minimum absolute atomic E-state index is 0.0204. The first-order chi connectivity index (χ1) is 15.6. The van der Waals surface area contributed by atoms with Crippen LogP contribution in [0.1, 0.15) is 23.6 Å². The Balaban J connectivity index is 1.79. The summed E-state index contributed by atoms with van der Waals surface area (Å²) in [5, 5.41) is 17.3. The number of rotatable bonds is 7. The normalized spacial score (nSPS) is 11.0. The second kappa shape index (κ2) is 10.2. The van der Waals surface area contributed by atoms with Crippen LogP contribution in [0.15, 0.2) is 59.5 Å². The van der Waals surface area contributed by atoms with Gasteiger partial charge in [0.25, 0.3) is 0 Å². The van der Waals surface area contributed by atoms with E-state index in [-0.39, 0.29) is 27.9 Å². The van der Waals surface area contributed by atoms with Gasteiger partial charge in [-0.15, -0.1) is 0 Å². The van der Waals surface area contributed by atoms with Crippen molar-refractivity contribution in [2.45, 2.75) is 24.7 Å². The summed E-state index contributed by atoms with van der Waals surface area (Å²) < 4.78 is 28.8. The van der Waals surface area contributed by atoms with Crippen LogP contribution in [0.3, 0.4) is 0 Å². The fourth-order valence-electron chi connectivity index (χ4n) is 3.06. The molecule has 0 aliphatic carbocycles. The van der Waals surface area contributed by atoms with Gasteiger partial charge in [0.1, 0.15) is 11.5 Å². The number of carbonyl (C=O) groups is 1. The van der Waals surface area contributed by atoms with Crippen LogP contribution in [-0.2, 0) is 27.7 Å². The summed E-state index contributed by atoms with van der Waals surface area (Å²) >= 11 is 12.1. The molecule has 0 bridgehead atoms. The number of nitriles is 1. The molecule has 0 fully saturated rings. The smallest absolute Gasteiger partial charge is 0.238 e. The van der Waals surface area contributed by atoms with Crippen LogP contribution in [0.5, 0.6) is 11.5 Å². The van der Waals surface area contributed by atoms with Gasteiger partial charge < -0.3 is 10.1 Å². The van der Waals surface area contributed by atoms with Gasteiger partial charge in [-0.2, -0.15) is 5.26 Å². The van der Waals surface area contributed by atoms with Crippen LogP contribution in [0.25, 0.3) is 0 Å². The van der Waals surface area contributed by atoms with Gasteiger partial charge in [0.2, 0.25) is 15.9 Å². The summed E-state index contributed by atoms with van der Waals surface area (Å²) in [6.45, 7) is 1.97. The number of halogens is 2. The molecule has 0 radical (unpaired) electrons. The summed E-state index contributed by atoms with van der Waals surface area (Å²) in [6.07, 6.45) is 0.714. The Kier molecular flexibility index (Phi) is 7.61. The van der Waals surface area contributed by atoms with E-state index in [4.69, 9.17) is 38.3 Å². The molecule has 0 aliphatic rings. The lowest BCUT2D eigenvalue weighted by Crippen LogP contribution is -2.16. The third-order valence-electron chi connectivity index (χ3n) is 4.65. The molecule has 0 aromatic heterocycles. The monoisotopic (exact) mass is 503 g/mol. The fourth-order valence-corrected chi connectivity index (χ4v) is 4.12. The molecule has 10 heteroatoms. The van der Waals surface area contributed by atoms with Crippen LogP contribution in [0.4, 0.5) is 5.69 Å². The van der Waals surface area contributed by atoms with E-state index >= 15 is 0 Å². The molecule has 3 aromatic carbocycles. The van der Waals surface area contributed by atoms with E-state index in [9.17, 15) is 13.2 Å². The van der Waals surface area contributed by atoms with E-state index in [0.29, 0.717) is 34.1 Å². The highest BCUT2D eigenvalue weighted by Crippen LogP contribution is 2.30. The number of nitrogens with zero attached hydrogens (tertiary/aromatic N) is 1. The molecule has 0 unspecified atom stereocenters. The molecule has 1 amide bonds. The molecule has 7 nitrogen and oxygen atoms in total. The number of amides is 1. The second-order valence-corrected chi connectivity index (χ2v) is 9.50. The van der Waals surface area contributed by atoms with E-state index in [1.54, 1.807) is 18.2 Å². The fraction of sp³-hybridized carbons (Fsp3) is 0.130. The summed E-state index contributed by atoms with van der Waals surface area (Å²) in [5.74, 6) is 0.603. The Labute approximate surface area is 201 Å². The molecule has 0 heterocycles. The van der Waals surface area contributed by atoms with Gasteiger partial charge >= 0.3 is 0 Å². The molecule has 3 rings (SSSR count).